The van der Waals surface area contributed by atoms with Crippen molar-refractivity contribution in [3.05, 3.63) is 106 Å². The van der Waals surface area contributed by atoms with Crippen LogP contribution in [0.3, 0.4) is 0 Å². The van der Waals surface area contributed by atoms with Gasteiger partial charge in [0, 0.05) is 19.2 Å². The van der Waals surface area contributed by atoms with Crippen LogP contribution in [0.4, 0.5) is 0 Å². The minimum atomic E-state index is -0.433. The summed E-state index contributed by atoms with van der Waals surface area (Å²) in [5, 5.41) is 0.542. The van der Waals surface area contributed by atoms with E-state index in [1.54, 1.807) is 22.6 Å². The van der Waals surface area contributed by atoms with E-state index in [0.29, 0.717) is 41.9 Å². The molecule has 4 rings (SSSR count). The normalized spacial score (nSPS) is 12.0. The number of carbonyl (C=O) groups excluding carboxylic acids is 1. The monoisotopic (exact) mass is 469 g/mol. The molecule has 6 heteroatoms. The number of aryl methyl sites for hydroxylation is 2. The molecular formula is C29H31N3O3. The molecular weight excluding hydrogens is 438 g/mol. The molecule has 0 aliphatic rings. The lowest BCUT2D eigenvalue weighted by Crippen LogP contribution is -2.40. The van der Waals surface area contributed by atoms with Crippen molar-refractivity contribution in [1.82, 2.24) is 14.5 Å². The lowest BCUT2D eigenvalue weighted by molar-refractivity contribution is 0.0579. The Labute approximate surface area is 205 Å². The van der Waals surface area contributed by atoms with E-state index in [0.717, 1.165) is 16.8 Å². The Bertz CT molecular complexity index is 1380. The zero-order valence-electron chi connectivity index (χ0n) is 20.7. The average molecular weight is 470 g/mol. The molecule has 180 valence electrons. The maximum atomic E-state index is 13.8. The summed E-state index contributed by atoms with van der Waals surface area (Å²) in [6, 6.07) is 22.2. The number of benzene rings is 3. The summed E-state index contributed by atoms with van der Waals surface area (Å²) >= 11 is 0. The highest BCUT2D eigenvalue weighted by atomic mass is 16.5. The molecule has 0 bridgehead atoms. The second-order valence-corrected chi connectivity index (χ2v) is 8.74. The smallest absolute Gasteiger partial charge is 0.266 e. The average Bonchev–Trinajstić information content (AvgIpc) is 2.87. The number of amides is 1. The van der Waals surface area contributed by atoms with Gasteiger partial charge in [-0.05, 0) is 56.7 Å². The van der Waals surface area contributed by atoms with Crippen molar-refractivity contribution >= 4 is 16.8 Å². The molecule has 3 aromatic carbocycles. The quantitative estimate of drug-likeness (QED) is 0.354. The molecule has 6 nitrogen and oxygen atoms in total. The summed E-state index contributed by atoms with van der Waals surface area (Å²) in [7, 11) is 1.62. The van der Waals surface area contributed by atoms with Crippen LogP contribution in [-0.4, -0.2) is 40.6 Å². The van der Waals surface area contributed by atoms with Gasteiger partial charge in [-0.2, -0.15) is 0 Å². The van der Waals surface area contributed by atoms with Crippen LogP contribution in [0.2, 0.25) is 0 Å². The lowest BCUT2D eigenvalue weighted by atomic mass is 10.1. The van der Waals surface area contributed by atoms with Gasteiger partial charge in [-0.1, -0.05) is 54.4 Å². The summed E-state index contributed by atoms with van der Waals surface area (Å²) in [6.07, 6.45) is 0.581. The van der Waals surface area contributed by atoms with Crippen LogP contribution in [0.5, 0.6) is 0 Å². The van der Waals surface area contributed by atoms with Crippen molar-refractivity contribution in [1.29, 1.82) is 0 Å². The van der Waals surface area contributed by atoms with Crippen LogP contribution in [0, 0.1) is 13.8 Å². The fourth-order valence-electron chi connectivity index (χ4n) is 4.31. The largest absolute Gasteiger partial charge is 0.383 e. The zero-order chi connectivity index (χ0) is 24.9. The van der Waals surface area contributed by atoms with Crippen molar-refractivity contribution in [2.24, 2.45) is 0 Å². The number of methoxy groups -OCH3 is 1. The highest BCUT2D eigenvalue weighted by Gasteiger charge is 2.29. The minimum absolute atomic E-state index is 0.119. The maximum absolute atomic E-state index is 13.8. The first-order valence-electron chi connectivity index (χ1n) is 11.9. The number of nitrogens with zero attached hydrogens (tertiary/aromatic N) is 3. The molecule has 1 amide bonds. The first-order chi connectivity index (χ1) is 16.9. The van der Waals surface area contributed by atoms with Crippen LogP contribution >= 0.6 is 0 Å². The van der Waals surface area contributed by atoms with Crippen molar-refractivity contribution in [3.8, 4) is 5.69 Å². The standard InChI is InChI=1S/C29H31N3O3/c1-5-26(31(18-19-35-4)28(33)22-14-10-20(2)11-15-22)27-30-25-9-7-6-8-24(25)29(34)32(27)23-16-12-21(3)13-17-23/h6-17,26H,5,18-19H2,1-4H3. The zero-order valence-corrected chi connectivity index (χ0v) is 20.7. The summed E-state index contributed by atoms with van der Waals surface area (Å²) in [6.45, 7) is 6.75. The van der Waals surface area contributed by atoms with Crippen LogP contribution in [-0.2, 0) is 4.74 Å². The van der Waals surface area contributed by atoms with Gasteiger partial charge in [-0.3, -0.25) is 14.2 Å². The summed E-state index contributed by atoms with van der Waals surface area (Å²) in [5.74, 6) is 0.420. The Kier molecular flexibility index (Phi) is 7.42. The van der Waals surface area contributed by atoms with E-state index in [9.17, 15) is 9.59 Å². The van der Waals surface area contributed by atoms with Crippen LogP contribution in [0.25, 0.3) is 16.6 Å². The van der Waals surface area contributed by atoms with Crippen molar-refractivity contribution < 1.29 is 9.53 Å². The first-order valence-corrected chi connectivity index (χ1v) is 11.9. The molecule has 0 saturated carbocycles. The van der Waals surface area contributed by atoms with E-state index in [1.165, 1.54) is 0 Å². The van der Waals surface area contributed by atoms with Gasteiger partial charge in [0.15, 0.2) is 0 Å². The lowest BCUT2D eigenvalue weighted by Gasteiger charge is -2.32. The predicted molar refractivity (Wildman–Crippen MR) is 139 cm³/mol. The molecule has 0 fully saturated rings. The number of ether oxygens (including phenoxy) is 1. The fraction of sp³-hybridized carbons (Fsp3) is 0.276. The van der Waals surface area contributed by atoms with Gasteiger partial charge in [-0.25, -0.2) is 4.98 Å². The molecule has 0 saturated heterocycles. The number of carbonyl (C=O) groups is 1. The Morgan fingerprint density at radius 1 is 0.971 bits per heavy atom. The second kappa shape index (κ2) is 10.7. The van der Waals surface area contributed by atoms with Crippen LogP contribution in [0.1, 0.15) is 46.7 Å². The number of aromatic nitrogens is 2. The maximum Gasteiger partial charge on any atom is 0.266 e. The molecule has 1 atom stereocenters. The topological polar surface area (TPSA) is 64.4 Å². The van der Waals surface area contributed by atoms with E-state index in [-0.39, 0.29) is 11.5 Å². The fourth-order valence-corrected chi connectivity index (χ4v) is 4.31. The third kappa shape index (κ3) is 5.03. The summed E-state index contributed by atoms with van der Waals surface area (Å²) < 4.78 is 7.00. The van der Waals surface area contributed by atoms with E-state index in [2.05, 4.69) is 0 Å². The van der Waals surface area contributed by atoms with Crippen LogP contribution in [0.15, 0.2) is 77.6 Å². The molecule has 35 heavy (non-hydrogen) atoms. The molecule has 0 N–H and O–H groups in total. The van der Waals surface area contributed by atoms with E-state index >= 15 is 0 Å². The van der Waals surface area contributed by atoms with E-state index < -0.39 is 6.04 Å². The third-order valence-electron chi connectivity index (χ3n) is 6.25. The number of hydrogen-bond acceptors (Lipinski definition) is 4. The number of fused-ring (bicyclic) bond motifs is 1. The Morgan fingerprint density at radius 2 is 1.60 bits per heavy atom. The van der Waals surface area contributed by atoms with Crippen molar-refractivity contribution in [2.75, 3.05) is 20.3 Å². The number of hydrogen-bond donors (Lipinski definition) is 0. The highest BCUT2D eigenvalue weighted by Crippen LogP contribution is 2.27. The SMILES string of the molecule is CCC(c1nc2ccccc2c(=O)n1-c1ccc(C)cc1)N(CCOC)C(=O)c1ccc(C)cc1. The third-order valence-corrected chi connectivity index (χ3v) is 6.25. The van der Waals surface area contributed by atoms with Gasteiger partial charge < -0.3 is 9.64 Å². The predicted octanol–water partition coefficient (Wildman–Crippen LogP) is 5.24. The van der Waals surface area contributed by atoms with Gasteiger partial charge in [0.2, 0.25) is 0 Å². The van der Waals surface area contributed by atoms with Crippen molar-refractivity contribution in [3.63, 3.8) is 0 Å². The summed E-state index contributed by atoms with van der Waals surface area (Å²) in [4.78, 5) is 34.2. The number of rotatable bonds is 8. The minimum Gasteiger partial charge on any atom is -0.383 e. The Hall–Kier alpha value is -3.77. The van der Waals surface area contributed by atoms with Crippen molar-refractivity contribution in [2.45, 2.75) is 33.2 Å². The van der Waals surface area contributed by atoms with Gasteiger partial charge in [-0.15, -0.1) is 0 Å². The van der Waals surface area contributed by atoms with Gasteiger partial charge in [0.05, 0.1) is 29.2 Å². The van der Waals surface area contributed by atoms with Gasteiger partial charge >= 0.3 is 0 Å². The molecule has 0 aliphatic carbocycles. The highest BCUT2D eigenvalue weighted by molar-refractivity contribution is 5.94. The molecule has 0 spiro atoms. The second-order valence-electron chi connectivity index (χ2n) is 8.74. The van der Waals surface area contributed by atoms with Gasteiger partial charge in [0.1, 0.15) is 5.82 Å². The van der Waals surface area contributed by atoms with E-state index in [4.69, 9.17) is 9.72 Å². The summed E-state index contributed by atoms with van der Waals surface area (Å²) in [5.41, 5.74) is 3.96. The molecule has 0 radical (unpaired) electrons. The Balaban J connectivity index is 1.92. The number of para-hydroxylation sites is 1. The Morgan fingerprint density at radius 3 is 2.23 bits per heavy atom. The van der Waals surface area contributed by atoms with E-state index in [1.807, 2.05) is 87.5 Å². The van der Waals surface area contributed by atoms with Crippen LogP contribution < -0.4 is 5.56 Å². The molecule has 1 aromatic heterocycles. The molecule has 0 aliphatic heterocycles. The molecule has 1 unspecified atom stereocenters. The van der Waals surface area contributed by atoms with Gasteiger partial charge in [0.25, 0.3) is 11.5 Å². The first kappa shape index (κ1) is 24.4. The molecule has 4 aromatic rings. The molecule has 1 heterocycles.